The third kappa shape index (κ3) is 4.51. The molecule has 0 radical (unpaired) electrons. The highest BCUT2D eigenvalue weighted by Gasteiger charge is 2.35. The quantitative estimate of drug-likeness (QED) is 0.407. The van der Waals surface area contributed by atoms with E-state index in [2.05, 4.69) is 26.7 Å². The summed E-state index contributed by atoms with van der Waals surface area (Å²) in [6.07, 6.45) is 5.80. The molecule has 2 fully saturated rings. The van der Waals surface area contributed by atoms with Gasteiger partial charge in [-0.05, 0) is 12.8 Å². The predicted octanol–water partition coefficient (Wildman–Crippen LogP) is 2.14. The van der Waals surface area contributed by atoms with Crippen LogP contribution in [-0.4, -0.2) is 59.8 Å². The molecule has 1 saturated heterocycles. The van der Waals surface area contributed by atoms with Gasteiger partial charge in [0.1, 0.15) is 0 Å². The molecule has 2 unspecified atom stereocenters. The third-order valence-corrected chi connectivity index (χ3v) is 6.01. The van der Waals surface area contributed by atoms with Crippen LogP contribution < -0.4 is 10.6 Å². The van der Waals surface area contributed by atoms with Crippen molar-refractivity contribution in [3.05, 3.63) is 11.6 Å². The first-order valence-corrected chi connectivity index (χ1v) is 9.34. The second-order valence-electron chi connectivity index (χ2n) is 6.88. The van der Waals surface area contributed by atoms with Crippen molar-refractivity contribution in [1.82, 2.24) is 9.88 Å². The fraction of sp³-hybridized carbons (Fsp3) is 0.750. The van der Waals surface area contributed by atoms with Crippen LogP contribution in [0.2, 0.25) is 0 Å². The number of aliphatic hydroxyl groups excluding tert-OH is 1. The molecule has 0 spiro atoms. The Kier molecular flexibility index (Phi) is 7.11. The molecule has 136 valence electrons. The largest absolute Gasteiger partial charge is 0.392 e. The maximum absolute atomic E-state index is 10.3. The van der Waals surface area contributed by atoms with E-state index in [1.165, 1.54) is 6.42 Å². The third-order valence-electron chi connectivity index (χ3n) is 5.18. The van der Waals surface area contributed by atoms with E-state index in [9.17, 15) is 5.11 Å². The zero-order valence-electron chi connectivity index (χ0n) is 14.2. The lowest BCUT2D eigenvalue weighted by atomic mass is 9.73. The number of nitrogens with zero attached hydrogens (tertiary/aromatic N) is 4. The molecule has 1 aromatic heterocycles. The molecular weight excluding hydrogens is 437 g/mol. The number of piperazine rings is 1. The number of aliphatic imine (C=N–C) groups is 1. The highest BCUT2D eigenvalue weighted by Crippen LogP contribution is 2.36. The van der Waals surface area contributed by atoms with Crippen molar-refractivity contribution in [3.8, 4) is 0 Å². The molecule has 3 rings (SSSR count). The van der Waals surface area contributed by atoms with Crippen molar-refractivity contribution >= 4 is 46.4 Å². The standard InChI is InChI=1S/C16H27N5OS.HI/c1-16(5-3-2-4-13(16)22)12-19-14(17)20-7-9-21(10-8-20)15-18-6-11-23-15;/h6,11,13,22H,2-5,7-10,12H2,1H3,(H2,17,19);1H. The number of aliphatic hydroxyl groups is 1. The van der Waals surface area contributed by atoms with Crippen molar-refractivity contribution in [2.75, 3.05) is 37.6 Å². The molecule has 1 aliphatic carbocycles. The van der Waals surface area contributed by atoms with Crippen LogP contribution in [0.15, 0.2) is 16.6 Å². The summed E-state index contributed by atoms with van der Waals surface area (Å²) >= 11 is 1.67. The Morgan fingerprint density at radius 3 is 2.79 bits per heavy atom. The highest BCUT2D eigenvalue weighted by atomic mass is 127. The monoisotopic (exact) mass is 465 g/mol. The first-order valence-electron chi connectivity index (χ1n) is 8.46. The first-order chi connectivity index (χ1) is 11.1. The summed E-state index contributed by atoms with van der Waals surface area (Å²) in [6, 6.07) is 0. The van der Waals surface area contributed by atoms with E-state index < -0.39 is 0 Å². The lowest BCUT2D eigenvalue weighted by Crippen LogP contribution is -2.51. The fourth-order valence-corrected chi connectivity index (χ4v) is 4.12. The highest BCUT2D eigenvalue weighted by molar-refractivity contribution is 14.0. The average molecular weight is 465 g/mol. The summed E-state index contributed by atoms with van der Waals surface area (Å²) in [5.74, 6) is 0.614. The minimum absolute atomic E-state index is 0. The number of guanidine groups is 1. The van der Waals surface area contributed by atoms with Crippen LogP contribution >= 0.6 is 35.3 Å². The number of rotatable bonds is 3. The van der Waals surface area contributed by atoms with Crippen LogP contribution in [0.1, 0.15) is 32.6 Å². The summed E-state index contributed by atoms with van der Waals surface area (Å²) in [6.45, 7) is 6.33. The molecule has 3 N–H and O–H groups in total. The van der Waals surface area contributed by atoms with E-state index in [0.717, 1.165) is 50.6 Å². The van der Waals surface area contributed by atoms with Gasteiger partial charge in [-0.1, -0.05) is 19.8 Å². The Balaban J connectivity index is 0.00000208. The molecule has 1 aliphatic heterocycles. The van der Waals surface area contributed by atoms with Gasteiger partial charge in [0, 0.05) is 43.2 Å². The number of aromatic nitrogens is 1. The van der Waals surface area contributed by atoms with Gasteiger partial charge in [0.05, 0.1) is 12.6 Å². The van der Waals surface area contributed by atoms with Crippen LogP contribution in [0, 0.1) is 5.41 Å². The summed E-state index contributed by atoms with van der Waals surface area (Å²) in [4.78, 5) is 13.4. The van der Waals surface area contributed by atoms with Crippen LogP contribution in [-0.2, 0) is 0 Å². The molecule has 2 aliphatic rings. The molecule has 2 atom stereocenters. The zero-order chi connectivity index (χ0) is 16.3. The second kappa shape index (κ2) is 8.66. The summed E-state index contributed by atoms with van der Waals surface area (Å²) in [7, 11) is 0. The predicted molar refractivity (Wildman–Crippen MR) is 110 cm³/mol. The molecule has 8 heteroatoms. The van der Waals surface area contributed by atoms with E-state index in [1.54, 1.807) is 11.3 Å². The minimum atomic E-state index is -0.255. The fourth-order valence-electron chi connectivity index (χ4n) is 3.43. The van der Waals surface area contributed by atoms with Gasteiger partial charge in [0.25, 0.3) is 0 Å². The number of thiazole rings is 1. The molecule has 1 aromatic rings. The normalized spacial score (nSPS) is 28.6. The molecular formula is C16H28IN5OS. The maximum atomic E-state index is 10.3. The number of hydrogen-bond acceptors (Lipinski definition) is 5. The average Bonchev–Trinajstić information content (AvgIpc) is 3.10. The number of nitrogens with two attached hydrogens (primary N) is 1. The van der Waals surface area contributed by atoms with E-state index in [-0.39, 0.29) is 35.5 Å². The Labute approximate surface area is 165 Å². The van der Waals surface area contributed by atoms with Crippen LogP contribution in [0.25, 0.3) is 0 Å². The molecule has 0 bridgehead atoms. The van der Waals surface area contributed by atoms with Crippen molar-refractivity contribution in [1.29, 1.82) is 0 Å². The van der Waals surface area contributed by atoms with Gasteiger partial charge in [-0.15, -0.1) is 35.3 Å². The van der Waals surface area contributed by atoms with Crippen LogP contribution in [0.5, 0.6) is 0 Å². The van der Waals surface area contributed by atoms with Crippen molar-refractivity contribution in [3.63, 3.8) is 0 Å². The van der Waals surface area contributed by atoms with E-state index in [4.69, 9.17) is 5.73 Å². The maximum Gasteiger partial charge on any atom is 0.191 e. The number of halogens is 1. The second-order valence-corrected chi connectivity index (χ2v) is 7.75. The number of anilines is 1. The van der Waals surface area contributed by atoms with Gasteiger partial charge in [0.2, 0.25) is 0 Å². The van der Waals surface area contributed by atoms with E-state index in [0.29, 0.717) is 12.5 Å². The Hall–Kier alpha value is -0.610. The van der Waals surface area contributed by atoms with Gasteiger partial charge in [-0.25, -0.2) is 4.98 Å². The molecule has 2 heterocycles. The zero-order valence-corrected chi connectivity index (χ0v) is 17.4. The molecule has 6 nitrogen and oxygen atoms in total. The van der Waals surface area contributed by atoms with Gasteiger partial charge in [-0.3, -0.25) is 4.99 Å². The number of hydrogen-bond donors (Lipinski definition) is 2. The van der Waals surface area contributed by atoms with Crippen LogP contribution in [0.4, 0.5) is 5.13 Å². The smallest absolute Gasteiger partial charge is 0.191 e. The van der Waals surface area contributed by atoms with Crippen molar-refractivity contribution in [2.24, 2.45) is 16.1 Å². The van der Waals surface area contributed by atoms with Gasteiger partial charge in [-0.2, -0.15) is 0 Å². The molecule has 24 heavy (non-hydrogen) atoms. The Morgan fingerprint density at radius 2 is 2.17 bits per heavy atom. The van der Waals surface area contributed by atoms with E-state index >= 15 is 0 Å². The van der Waals surface area contributed by atoms with Gasteiger partial charge < -0.3 is 20.6 Å². The van der Waals surface area contributed by atoms with Gasteiger partial charge >= 0.3 is 0 Å². The van der Waals surface area contributed by atoms with Crippen LogP contribution in [0.3, 0.4) is 0 Å². The van der Waals surface area contributed by atoms with Crippen molar-refractivity contribution in [2.45, 2.75) is 38.7 Å². The Bertz CT molecular complexity index is 533. The summed E-state index contributed by atoms with van der Waals surface area (Å²) in [5, 5.41) is 13.3. The lowest BCUT2D eigenvalue weighted by molar-refractivity contribution is 0.00707. The molecule has 1 saturated carbocycles. The first kappa shape index (κ1) is 19.7. The SMILES string of the molecule is CC1(CN=C(N)N2CCN(c3nccs3)CC2)CCCCC1O.I. The van der Waals surface area contributed by atoms with E-state index in [1.807, 2.05) is 11.6 Å². The summed E-state index contributed by atoms with van der Waals surface area (Å²) in [5.41, 5.74) is 6.08. The van der Waals surface area contributed by atoms with Crippen molar-refractivity contribution < 1.29 is 5.11 Å². The molecule has 0 aromatic carbocycles. The topological polar surface area (TPSA) is 78.0 Å². The Morgan fingerprint density at radius 1 is 1.42 bits per heavy atom. The molecule has 0 amide bonds. The lowest BCUT2D eigenvalue weighted by Gasteiger charge is -2.38. The van der Waals surface area contributed by atoms with Gasteiger partial charge in [0.15, 0.2) is 11.1 Å². The minimum Gasteiger partial charge on any atom is -0.392 e. The summed E-state index contributed by atoms with van der Waals surface area (Å²) < 4.78 is 0.